The van der Waals surface area contributed by atoms with Crippen LogP contribution in [0.4, 0.5) is 0 Å². The molecule has 1 aliphatic heterocycles. The molecule has 0 aromatic rings. The van der Waals surface area contributed by atoms with Crippen molar-refractivity contribution in [3.05, 3.63) is 0 Å². The maximum absolute atomic E-state index is 3.54. The van der Waals surface area contributed by atoms with Crippen molar-refractivity contribution in [2.75, 3.05) is 33.2 Å². The van der Waals surface area contributed by atoms with Crippen molar-refractivity contribution in [1.29, 1.82) is 0 Å². The second-order valence-corrected chi connectivity index (χ2v) is 6.91. The van der Waals surface area contributed by atoms with Crippen LogP contribution in [0.5, 0.6) is 0 Å². The molecular formula is C16H35N3. The second-order valence-electron chi connectivity index (χ2n) is 6.91. The van der Waals surface area contributed by atoms with E-state index >= 15 is 0 Å². The van der Waals surface area contributed by atoms with E-state index in [4.69, 9.17) is 0 Å². The van der Waals surface area contributed by atoms with Gasteiger partial charge < -0.3 is 5.32 Å². The normalized spacial score (nSPS) is 27.9. The van der Waals surface area contributed by atoms with Gasteiger partial charge in [-0.05, 0) is 59.7 Å². The topological polar surface area (TPSA) is 18.5 Å². The first-order chi connectivity index (χ1) is 8.91. The van der Waals surface area contributed by atoms with Crippen LogP contribution in [0.3, 0.4) is 0 Å². The molecular weight excluding hydrogens is 234 g/mol. The Bertz CT molecular complexity index is 230. The lowest BCUT2D eigenvalue weighted by molar-refractivity contribution is 0.0355. The molecule has 0 radical (unpaired) electrons. The van der Waals surface area contributed by atoms with E-state index in [2.05, 4.69) is 56.8 Å². The summed E-state index contributed by atoms with van der Waals surface area (Å²) in [7, 11) is 2.26. The lowest BCUT2D eigenvalue weighted by Gasteiger charge is -2.45. The van der Waals surface area contributed by atoms with Crippen molar-refractivity contribution in [3.63, 3.8) is 0 Å². The summed E-state index contributed by atoms with van der Waals surface area (Å²) in [6, 6.07) is 2.09. The smallest absolute Gasteiger partial charge is 0.0195 e. The minimum absolute atomic E-state index is 0.685. The van der Waals surface area contributed by atoms with Crippen LogP contribution in [0.2, 0.25) is 0 Å². The fraction of sp³-hybridized carbons (Fsp3) is 1.00. The van der Waals surface area contributed by atoms with Crippen LogP contribution in [0.25, 0.3) is 0 Å². The molecule has 19 heavy (non-hydrogen) atoms. The summed E-state index contributed by atoms with van der Waals surface area (Å²) in [6.45, 7) is 16.4. The molecule has 1 N–H and O–H groups in total. The maximum atomic E-state index is 3.54. The van der Waals surface area contributed by atoms with E-state index in [9.17, 15) is 0 Å². The van der Waals surface area contributed by atoms with Gasteiger partial charge in [-0.25, -0.2) is 0 Å². The molecule has 114 valence electrons. The van der Waals surface area contributed by atoms with Crippen LogP contribution in [0.1, 0.15) is 47.5 Å². The molecule has 3 atom stereocenters. The van der Waals surface area contributed by atoms with Gasteiger partial charge in [-0.1, -0.05) is 13.8 Å². The van der Waals surface area contributed by atoms with E-state index in [-0.39, 0.29) is 0 Å². The van der Waals surface area contributed by atoms with Crippen LogP contribution in [0.15, 0.2) is 0 Å². The molecule has 0 spiro atoms. The standard InChI is InChI=1S/C16H35N3/c1-13(2)10-17-9-7-8-14(3)19-11-15(4)18(6)16(5)12-19/h13-17H,7-12H2,1-6H3. The molecule has 0 amide bonds. The minimum atomic E-state index is 0.685. The van der Waals surface area contributed by atoms with Crippen LogP contribution >= 0.6 is 0 Å². The van der Waals surface area contributed by atoms with E-state index in [1.165, 1.54) is 32.5 Å². The van der Waals surface area contributed by atoms with Crippen LogP contribution in [-0.4, -0.2) is 61.2 Å². The first-order valence-electron chi connectivity index (χ1n) is 8.08. The summed E-state index contributed by atoms with van der Waals surface area (Å²) in [4.78, 5) is 5.19. The average Bonchev–Trinajstić information content (AvgIpc) is 2.34. The van der Waals surface area contributed by atoms with Gasteiger partial charge in [0.05, 0.1) is 0 Å². The lowest BCUT2D eigenvalue weighted by atomic mass is 10.0. The highest BCUT2D eigenvalue weighted by atomic mass is 15.3. The quantitative estimate of drug-likeness (QED) is 0.716. The first kappa shape index (κ1) is 16.9. The Morgan fingerprint density at radius 2 is 1.68 bits per heavy atom. The van der Waals surface area contributed by atoms with Crippen molar-refractivity contribution in [3.8, 4) is 0 Å². The highest BCUT2D eigenvalue weighted by Gasteiger charge is 2.28. The molecule has 0 saturated carbocycles. The van der Waals surface area contributed by atoms with Gasteiger partial charge >= 0.3 is 0 Å². The minimum Gasteiger partial charge on any atom is -0.316 e. The number of nitrogens with one attached hydrogen (secondary N) is 1. The summed E-state index contributed by atoms with van der Waals surface area (Å²) >= 11 is 0. The van der Waals surface area contributed by atoms with Gasteiger partial charge in [0.2, 0.25) is 0 Å². The van der Waals surface area contributed by atoms with Gasteiger partial charge in [-0.2, -0.15) is 0 Å². The van der Waals surface area contributed by atoms with Crippen molar-refractivity contribution < 1.29 is 0 Å². The van der Waals surface area contributed by atoms with E-state index in [1.807, 2.05) is 0 Å². The highest BCUT2D eigenvalue weighted by molar-refractivity contribution is 4.85. The Morgan fingerprint density at radius 3 is 2.21 bits per heavy atom. The summed E-state index contributed by atoms with van der Waals surface area (Å²) in [5.41, 5.74) is 0. The summed E-state index contributed by atoms with van der Waals surface area (Å²) in [5, 5.41) is 3.54. The SMILES string of the molecule is CC(C)CNCCCC(C)N1CC(C)N(C)C(C)C1. The Kier molecular flexibility index (Phi) is 7.33. The molecule has 1 aliphatic rings. The average molecular weight is 269 g/mol. The molecule has 0 bridgehead atoms. The van der Waals surface area contributed by atoms with Gasteiger partial charge in [-0.15, -0.1) is 0 Å². The Morgan fingerprint density at radius 1 is 1.11 bits per heavy atom. The third-order valence-corrected chi connectivity index (χ3v) is 4.54. The summed E-state index contributed by atoms with van der Waals surface area (Å²) in [6.07, 6.45) is 2.61. The molecule has 3 unspecified atom stereocenters. The third-order valence-electron chi connectivity index (χ3n) is 4.54. The molecule has 3 nitrogen and oxygen atoms in total. The number of hydrogen-bond acceptors (Lipinski definition) is 3. The van der Waals surface area contributed by atoms with Crippen LogP contribution < -0.4 is 5.32 Å². The first-order valence-corrected chi connectivity index (χ1v) is 8.08. The highest BCUT2D eigenvalue weighted by Crippen LogP contribution is 2.17. The number of nitrogens with zero attached hydrogens (tertiary/aromatic N) is 2. The summed E-state index contributed by atoms with van der Waals surface area (Å²) in [5.74, 6) is 0.761. The Labute approximate surface area is 120 Å². The van der Waals surface area contributed by atoms with Gasteiger partial charge in [0.1, 0.15) is 0 Å². The molecule has 3 heteroatoms. The zero-order valence-corrected chi connectivity index (χ0v) is 13.9. The largest absolute Gasteiger partial charge is 0.316 e. The third kappa shape index (κ3) is 5.80. The van der Waals surface area contributed by atoms with Gasteiger partial charge in [0, 0.05) is 31.2 Å². The van der Waals surface area contributed by atoms with Crippen molar-refractivity contribution in [2.45, 2.75) is 65.6 Å². The molecule has 0 aromatic carbocycles. The van der Waals surface area contributed by atoms with Gasteiger partial charge in [0.25, 0.3) is 0 Å². The van der Waals surface area contributed by atoms with Crippen molar-refractivity contribution in [2.24, 2.45) is 5.92 Å². The predicted molar refractivity (Wildman–Crippen MR) is 84.7 cm³/mol. The number of piperazine rings is 1. The van der Waals surface area contributed by atoms with Gasteiger partial charge in [-0.3, -0.25) is 9.80 Å². The zero-order chi connectivity index (χ0) is 14.4. The van der Waals surface area contributed by atoms with E-state index in [1.54, 1.807) is 0 Å². The molecule has 0 aromatic heterocycles. The Balaban J connectivity index is 2.20. The fourth-order valence-corrected chi connectivity index (χ4v) is 2.90. The zero-order valence-electron chi connectivity index (χ0n) is 13.9. The summed E-state index contributed by atoms with van der Waals surface area (Å²) < 4.78 is 0. The molecule has 1 fully saturated rings. The predicted octanol–water partition coefficient (Wildman–Crippen LogP) is 2.43. The maximum Gasteiger partial charge on any atom is 0.0195 e. The van der Waals surface area contributed by atoms with Gasteiger partial charge in [0.15, 0.2) is 0 Å². The van der Waals surface area contributed by atoms with Crippen molar-refractivity contribution in [1.82, 2.24) is 15.1 Å². The Hall–Kier alpha value is -0.120. The number of rotatable bonds is 7. The number of hydrogen-bond donors (Lipinski definition) is 1. The second kappa shape index (κ2) is 8.23. The molecule has 1 rings (SSSR count). The molecule has 1 heterocycles. The monoisotopic (exact) mass is 269 g/mol. The fourth-order valence-electron chi connectivity index (χ4n) is 2.90. The van der Waals surface area contributed by atoms with E-state index in [0.717, 1.165) is 18.5 Å². The molecule has 1 saturated heterocycles. The van der Waals surface area contributed by atoms with E-state index < -0.39 is 0 Å². The van der Waals surface area contributed by atoms with Crippen LogP contribution in [0, 0.1) is 5.92 Å². The van der Waals surface area contributed by atoms with Crippen molar-refractivity contribution >= 4 is 0 Å². The number of likely N-dealkylation sites (N-methyl/N-ethyl adjacent to an activating group) is 1. The lowest BCUT2D eigenvalue weighted by Crippen LogP contribution is -2.57. The van der Waals surface area contributed by atoms with Crippen LogP contribution in [-0.2, 0) is 0 Å². The molecule has 0 aliphatic carbocycles. The van der Waals surface area contributed by atoms with E-state index in [0.29, 0.717) is 12.1 Å².